The third-order valence-corrected chi connectivity index (χ3v) is 11.8. The molecule has 1 unspecified atom stereocenters. The van der Waals surface area contributed by atoms with Crippen molar-refractivity contribution in [2.24, 2.45) is 0 Å². The van der Waals surface area contributed by atoms with Crippen molar-refractivity contribution in [3.8, 4) is 16.8 Å². The minimum atomic E-state index is 0.279. The van der Waals surface area contributed by atoms with E-state index in [1.165, 1.54) is 66.3 Å². The Morgan fingerprint density at radius 2 is 1.06 bits per heavy atom. The highest BCUT2D eigenvalue weighted by atomic mass is 15.0. The number of para-hydroxylation sites is 4. The van der Waals surface area contributed by atoms with Gasteiger partial charge in [-0.05, 0) is 102 Å². The maximum Gasteiger partial charge on any atom is 0.0560 e. The molecular formula is C60H48N4. The van der Waals surface area contributed by atoms with E-state index in [9.17, 15) is 0 Å². The molecule has 0 bridgehead atoms. The molecule has 4 heteroatoms. The standard InChI is InChI=1S/C36H30N2.C24H18N2/c1-4-12-28(13-5-1)20-25-36-34(33-18-10-11-19-35(33)38(36)32-16-8-3-9-17-32)26-27-37-31-23-21-30(22-24-31)29-14-6-2-7-15-29;1-3-9-18(10-4-1)25-19-15-16-24-22(17-19)21-13-7-8-14-23(21)26(24)20-11-5-2-6-12-20/h1-16,18-27,32,37H,17H2;1-17,25H/b25-20-,27-26+;. The Hall–Kier alpha value is -8.34. The molecule has 1 aliphatic carbocycles. The highest BCUT2D eigenvalue weighted by molar-refractivity contribution is 6.10. The normalized spacial score (nSPS) is 13.5. The van der Waals surface area contributed by atoms with Crippen LogP contribution in [0, 0.1) is 0 Å². The van der Waals surface area contributed by atoms with Crippen LogP contribution in [0.25, 0.3) is 67.8 Å². The van der Waals surface area contributed by atoms with E-state index >= 15 is 0 Å². The Labute approximate surface area is 375 Å². The van der Waals surface area contributed by atoms with E-state index < -0.39 is 0 Å². The van der Waals surface area contributed by atoms with Gasteiger partial charge in [-0.3, -0.25) is 0 Å². The van der Waals surface area contributed by atoms with Crippen LogP contribution in [0.15, 0.2) is 243 Å². The third-order valence-electron chi connectivity index (χ3n) is 11.8. The molecule has 4 nitrogen and oxygen atoms in total. The molecule has 0 saturated heterocycles. The SMILES string of the molecule is C1=CCC(n2c(/C=C\c3ccccc3)c(/C=C/Nc3ccc(-c4ccccc4)cc3)c3ccccc32)C=C1.c1ccc(Nc2ccc3c(c2)c2ccccc2n3-c2ccccc2)cc1. The number of allylic oxidation sites excluding steroid dienone is 4. The monoisotopic (exact) mass is 824 g/mol. The number of hydrogen-bond donors (Lipinski definition) is 2. The van der Waals surface area contributed by atoms with E-state index in [2.05, 4.69) is 257 Å². The number of rotatable bonds is 10. The first-order valence-electron chi connectivity index (χ1n) is 22.0. The second kappa shape index (κ2) is 18.7. The van der Waals surface area contributed by atoms with Gasteiger partial charge in [0.25, 0.3) is 0 Å². The average Bonchev–Trinajstić information content (AvgIpc) is 3.87. The Balaban J connectivity index is 0.000000162. The molecule has 1 aliphatic rings. The maximum absolute atomic E-state index is 3.50. The molecule has 0 amide bonds. The molecule has 0 saturated carbocycles. The van der Waals surface area contributed by atoms with Gasteiger partial charge in [0.2, 0.25) is 0 Å². The summed E-state index contributed by atoms with van der Waals surface area (Å²) >= 11 is 0. The number of nitrogens with zero attached hydrogens (tertiary/aromatic N) is 2. The van der Waals surface area contributed by atoms with Gasteiger partial charge in [0.05, 0.1) is 17.1 Å². The van der Waals surface area contributed by atoms with Crippen LogP contribution in [-0.4, -0.2) is 9.13 Å². The summed E-state index contributed by atoms with van der Waals surface area (Å²) in [6, 6.07) is 74.5. The van der Waals surface area contributed by atoms with Crippen LogP contribution in [0.2, 0.25) is 0 Å². The molecule has 2 aromatic heterocycles. The Kier molecular flexibility index (Phi) is 11.6. The summed E-state index contributed by atoms with van der Waals surface area (Å²) < 4.78 is 4.81. The topological polar surface area (TPSA) is 33.9 Å². The van der Waals surface area contributed by atoms with E-state index in [0.29, 0.717) is 0 Å². The largest absolute Gasteiger partial charge is 0.362 e. The van der Waals surface area contributed by atoms with Crippen LogP contribution in [0.4, 0.5) is 17.1 Å². The molecule has 8 aromatic carbocycles. The summed E-state index contributed by atoms with van der Waals surface area (Å²) in [6.07, 6.45) is 18.6. The Morgan fingerprint density at radius 1 is 0.453 bits per heavy atom. The van der Waals surface area contributed by atoms with Crippen molar-refractivity contribution >= 4 is 68.0 Å². The molecule has 1 atom stereocenters. The molecule has 2 heterocycles. The zero-order chi connectivity index (χ0) is 42.9. The summed E-state index contributed by atoms with van der Waals surface area (Å²) in [5.41, 5.74) is 14.2. The van der Waals surface area contributed by atoms with Crippen LogP contribution in [0.3, 0.4) is 0 Å². The number of nitrogens with one attached hydrogen (secondary N) is 2. The molecule has 11 rings (SSSR count). The summed E-state index contributed by atoms with van der Waals surface area (Å²) in [6.45, 7) is 0. The summed E-state index contributed by atoms with van der Waals surface area (Å²) in [5, 5.41) is 10.8. The van der Waals surface area contributed by atoms with Crippen molar-refractivity contribution < 1.29 is 0 Å². The lowest BCUT2D eigenvalue weighted by atomic mass is 10.1. The van der Waals surface area contributed by atoms with E-state index in [4.69, 9.17) is 0 Å². The first-order valence-corrected chi connectivity index (χ1v) is 22.0. The highest BCUT2D eigenvalue weighted by Gasteiger charge is 2.19. The second-order valence-electron chi connectivity index (χ2n) is 15.9. The molecule has 64 heavy (non-hydrogen) atoms. The second-order valence-corrected chi connectivity index (χ2v) is 15.9. The lowest BCUT2D eigenvalue weighted by Gasteiger charge is -2.19. The number of anilines is 3. The smallest absolute Gasteiger partial charge is 0.0560 e. The molecule has 0 aliphatic heterocycles. The van der Waals surface area contributed by atoms with Crippen LogP contribution >= 0.6 is 0 Å². The van der Waals surface area contributed by atoms with Gasteiger partial charge in [-0.1, -0.05) is 176 Å². The zero-order valence-electron chi connectivity index (χ0n) is 35.5. The number of aromatic nitrogens is 2. The van der Waals surface area contributed by atoms with Crippen molar-refractivity contribution in [3.63, 3.8) is 0 Å². The fourth-order valence-corrected chi connectivity index (χ4v) is 8.71. The van der Waals surface area contributed by atoms with E-state index in [1.54, 1.807) is 0 Å². The van der Waals surface area contributed by atoms with E-state index in [-0.39, 0.29) is 6.04 Å². The first-order chi connectivity index (χ1) is 31.8. The molecule has 0 radical (unpaired) electrons. The summed E-state index contributed by atoms with van der Waals surface area (Å²) in [7, 11) is 0. The molecule has 0 fully saturated rings. The predicted molar refractivity (Wildman–Crippen MR) is 274 cm³/mol. The molecular weight excluding hydrogens is 777 g/mol. The van der Waals surface area contributed by atoms with Gasteiger partial charge in [0.1, 0.15) is 0 Å². The van der Waals surface area contributed by atoms with Crippen molar-refractivity contribution in [2.45, 2.75) is 12.5 Å². The van der Waals surface area contributed by atoms with Gasteiger partial charge in [0, 0.05) is 61.9 Å². The molecule has 2 N–H and O–H groups in total. The lowest BCUT2D eigenvalue weighted by Crippen LogP contribution is -2.09. The lowest BCUT2D eigenvalue weighted by molar-refractivity contribution is 0.625. The molecule has 10 aromatic rings. The van der Waals surface area contributed by atoms with Gasteiger partial charge in [-0.15, -0.1) is 0 Å². The van der Waals surface area contributed by atoms with Crippen LogP contribution in [0.5, 0.6) is 0 Å². The quantitative estimate of drug-likeness (QED) is 0.144. The van der Waals surface area contributed by atoms with Gasteiger partial charge >= 0.3 is 0 Å². The summed E-state index contributed by atoms with van der Waals surface area (Å²) in [4.78, 5) is 0. The average molecular weight is 825 g/mol. The van der Waals surface area contributed by atoms with Crippen molar-refractivity contribution in [1.82, 2.24) is 9.13 Å². The molecule has 0 spiro atoms. The van der Waals surface area contributed by atoms with E-state index in [1.807, 2.05) is 24.3 Å². The Morgan fingerprint density at radius 3 is 1.80 bits per heavy atom. The van der Waals surface area contributed by atoms with Crippen molar-refractivity contribution in [2.75, 3.05) is 10.6 Å². The highest BCUT2D eigenvalue weighted by Crippen LogP contribution is 2.36. The van der Waals surface area contributed by atoms with Crippen molar-refractivity contribution in [1.29, 1.82) is 0 Å². The third kappa shape index (κ3) is 8.58. The van der Waals surface area contributed by atoms with Crippen molar-refractivity contribution in [3.05, 3.63) is 260 Å². The number of benzene rings is 8. The predicted octanol–water partition coefficient (Wildman–Crippen LogP) is 16.1. The Bertz CT molecular complexity index is 3260. The minimum Gasteiger partial charge on any atom is -0.362 e. The summed E-state index contributed by atoms with van der Waals surface area (Å²) in [5.74, 6) is 0. The fourth-order valence-electron chi connectivity index (χ4n) is 8.71. The fraction of sp³-hybridized carbons (Fsp3) is 0.0333. The maximum atomic E-state index is 3.50. The van der Waals surface area contributed by atoms with Gasteiger partial charge in [-0.25, -0.2) is 0 Å². The van der Waals surface area contributed by atoms with Crippen LogP contribution in [-0.2, 0) is 0 Å². The van der Waals surface area contributed by atoms with Crippen LogP contribution < -0.4 is 10.6 Å². The number of fused-ring (bicyclic) bond motifs is 4. The first kappa shape index (κ1) is 39.8. The molecule has 308 valence electrons. The van der Waals surface area contributed by atoms with Crippen LogP contribution in [0.1, 0.15) is 29.3 Å². The number of hydrogen-bond acceptors (Lipinski definition) is 2. The zero-order valence-corrected chi connectivity index (χ0v) is 35.5. The van der Waals surface area contributed by atoms with E-state index in [0.717, 1.165) is 23.5 Å². The van der Waals surface area contributed by atoms with Gasteiger partial charge < -0.3 is 19.8 Å². The minimum absolute atomic E-state index is 0.279. The van der Waals surface area contributed by atoms with Gasteiger partial charge in [0.15, 0.2) is 0 Å². The van der Waals surface area contributed by atoms with Gasteiger partial charge in [-0.2, -0.15) is 0 Å².